The molecular weight excluding hydrogens is 346 g/mol. The van der Waals surface area contributed by atoms with Crippen molar-refractivity contribution in [3.63, 3.8) is 0 Å². The van der Waals surface area contributed by atoms with Crippen LogP contribution in [0.15, 0.2) is 54.7 Å². The van der Waals surface area contributed by atoms with Crippen molar-refractivity contribution in [2.24, 2.45) is 0 Å². The number of ether oxygens (including phenoxy) is 3. The molecule has 0 saturated heterocycles. The number of nitrogens with one attached hydrogen (secondary N) is 1. The van der Waals surface area contributed by atoms with Crippen LogP contribution in [-0.4, -0.2) is 36.1 Å². The number of hydrogen-bond acceptors (Lipinski definition) is 5. The van der Waals surface area contributed by atoms with Crippen LogP contribution in [-0.2, 0) is 9.53 Å². The molecule has 3 aromatic rings. The molecule has 2 unspecified atom stereocenters. The summed E-state index contributed by atoms with van der Waals surface area (Å²) in [5.41, 5.74) is 1.35. The van der Waals surface area contributed by atoms with Crippen molar-refractivity contribution in [2.45, 2.75) is 26.1 Å². The number of benzene rings is 2. The van der Waals surface area contributed by atoms with E-state index < -0.39 is 18.2 Å². The Labute approximate surface area is 157 Å². The number of ketones is 1. The third-order valence-electron chi connectivity index (χ3n) is 4.22. The predicted octanol–water partition coefficient (Wildman–Crippen LogP) is 3.76. The van der Waals surface area contributed by atoms with Crippen molar-refractivity contribution in [1.82, 2.24) is 4.98 Å². The monoisotopic (exact) mass is 367 g/mol. The molecule has 6 nitrogen and oxygen atoms in total. The summed E-state index contributed by atoms with van der Waals surface area (Å²) in [5.74, 6) is 0.329. The molecule has 1 heterocycles. The highest BCUT2D eigenvalue weighted by Crippen LogP contribution is 2.21. The van der Waals surface area contributed by atoms with Crippen LogP contribution in [0.1, 0.15) is 24.2 Å². The number of hydrogen-bond donors (Lipinski definition) is 1. The second kappa shape index (κ2) is 7.95. The average molecular weight is 367 g/mol. The van der Waals surface area contributed by atoms with E-state index in [1.54, 1.807) is 51.4 Å². The first kappa shape index (κ1) is 18.5. The van der Waals surface area contributed by atoms with E-state index in [0.29, 0.717) is 17.1 Å². The lowest BCUT2D eigenvalue weighted by Crippen LogP contribution is -2.32. The van der Waals surface area contributed by atoms with E-state index in [-0.39, 0.29) is 5.78 Å². The summed E-state index contributed by atoms with van der Waals surface area (Å²) in [7, 11) is 1.57. The van der Waals surface area contributed by atoms with Gasteiger partial charge in [0.1, 0.15) is 11.5 Å². The minimum atomic E-state index is -0.918. The van der Waals surface area contributed by atoms with E-state index in [0.717, 1.165) is 10.9 Å². The highest BCUT2D eigenvalue weighted by Gasteiger charge is 2.25. The SMILES string of the molecule is COc1ccc(OC(C)C(=O)OC(C)C(=O)c2c[nH]c3ccccc23)cc1. The second-order valence-electron chi connectivity index (χ2n) is 6.13. The number of H-pyrrole nitrogens is 1. The van der Waals surface area contributed by atoms with E-state index in [1.165, 1.54) is 0 Å². The molecule has 1 aromatic heterocycles. The summed E-state index contributed by atoms with van der Waals surface area (Å²) in [4.78, 5) is 28.0. The van der Waals surface area contributed by atoms with Gasteiger partial charge in [0.2, 0.25) is 5.78 Å². The van der Waals surface area contributed by atoms with E-state index in [2.05, 4.69) is 4.98 Å². The third-order valence-corrected chi connectivity index (χ3v) is 4.22. The van der Waals surface area contributed by atoms with Crippen molar-refractivity contribution >= 4 is 22.7 Å². The number of methoxy groups -OCH3 is 1. The van der Waals surface area contributed by atoms with Gasteiger partial charge in [0.15, 0.2) is 12.2 Å². The lowest BCUT2D eigenvalue weighted by atomic mass is 10.1. The molecule has 0 aliphatic carbocycles. The average Bonchev–Trinajstić information content (AvgIpc) is 3.12. The maximum absolute atomic E-state index is 12.7. The molecule has 2 atom stereocenters. The van der Waals surface area contributed by atoms with Crippen LogP contribution >= 0.6 is 0 Å². The molecule has 0 radical (unpaired) electrons. The summed E-state index contributed by atoms with van der Waals surface area (Å²) < 4.78 is 16.0. The molecule has 27 heavy (non-hydrogen) atoms. The van der Waals surface area contributed by atoms with Gasteiger partial charge in [-0.25, -0.2) is 4.79 Å². The summed E-state index contributed by atoms with van der Waals surface area (Å²) in [6.45, 7) is 3.14. The summed E-state index contributed by atoms with van der Waals surface area (Å²) >= 11 is 0. The number of Topliss-reactive ketones (excluding diaryl/α,β-unsaturated/α-hetero) is 1. The number of para-hydroxylation sites is 1. The lowest BCUT2D eigenvalue weighted by molar-refractivity contribution is -0.153. The largest absolute Gasteiger partial charge is 0.497 e. The van der Waals surface area contributed by atoms with Crippen molar-refractivity contribution < 1.29 is 23.8 Å². The Morgan fingerprint density at radius 2 is 1.59 bits per heavy atom. The standard InChI is InChI=1S/C21H21NO5/c1-13(20(23)18-12-22-19-7-5-4-6-17(18)19)27-21(24)14(2)26-16-10-8-15(25-3)9-11-16/h4-14,22H,1-3H3. The molecule has 0 saturated carbocycles. The second-order valence-corrected chi connectivity index (χ2v) is 6.13. The van der Waals surface area contributed by atoms with Gasteiger partial charge in [-0.3, -0.25) is 4.79 Å². The van der Waals surface area contributed by atoms with Gasteiger partial charge < -0.3 is 19.2 Å². The van der Waals surface area contributed by atoms with E-state index >= 15 is 0 Å². The van der Waals surface area contributed by atoms with Gasteiger partial charge >= 0.3 is 5.97 Å². The Morgan fingerprint density at radius 1 is 0.926 bits per heavy atom. The van der Waals surface area contributed by atoms with Gasteiger partial charge in [-0.05, 0) is 44.2 Å². The van der Waals surface area contributed by atoms with Gasteiger partial charge in [0.05, 0.1) is 7.11 Å². The van der Waals surface area contributed by atoms with Gasteiger partial charge in [0.25, 0.3) is 0 Å². The number of carbonyl (C=O) groups excluding carboxylic acids is 2. The molecular formula is C21H21NO5. The van der Waals surface area contributed by atoms with E-state index in [1.807, 2.05) is 24.3 Å². The number of carbonyl (C=O) groups is 2. The molecule has 0 fully saturated rings. The van der Waals surface area contributed by atoms with Crippen molar-refractivity contribution in [3.8, 4) is 11.5 Å². The zero-order chi connectivity index (χ0) is 19.4. The molecule has 0 aliphatic rings. The normalized spacial score (nSPS) is 13.0. The summed E-state index contributed by atoms with van der Waals surface area (Å²) in [6, 6.07) is 14.3. The fraction of sp³-hybridized carbons (Fsp3) is 0.238. The Kier molecular flexibility index (Phi) is 5.45. The minimum absolute atomic E-state index is 0.266. The van der Waals surface area contributed by atoms with Crippen molar-refractivity contribution in [2.75, 3.05) is 7.11 Å². The molecule has 140 valence electrons. The lowest BCUT2D eigenvalue weighted by Gasteiger charge is -2.17. The molecule has 0 aliphatic heterocycles. The van der Waals surface area contributed by atoms with Crippen molar-refractivity contribution in [3.05, 3.63) is 60.3 Å². The molecule has 0 bridgehead atoms. The first-order valence-electron chi connectivity index (χ1n) is 8.61. The van der Waals surface area contributed by atoms with Crippen molar-refractivity contribution in [1.29, 1.82) is 0 Å². The maximum atomic E-state index is 12.7. The number of aromatic amines is 1. The highest BCUT2D eigenvalue weighted by molar-refractivity contribution is 6.10. The van der Waals surface area contributed by atoms with Crippen LogP contribution in [0, 0.1) is 0 Å². The van der Waals surface area contributed by atoms with E-state index in [9.17, 15) is 9.59 Å². The number of esters is 1. The minimum Gasteiger partial charge on any atom is -0.497 e. The fourth-order valence-electron chi connectivity index (χ4n) is 2.72. The van der Waals surface area contributed by atoms with Gasteiger partial charge in [0, 0.05) is 22.7 Å². The van der Waals surface area contributed by atoms with Crippen LogP contribution < -0.4 is 9.47 Å². The number of fused-ring (bicyclic) bond motifs is 1. The topological polar surface area (TPSA) is 77.6 Å². The Morgan fingerprint density at radius 3 is 2.30 bits per heavy atom. The molecule has 3 rings (SSSR count). The van der Waals surface area contributed by atoms with Crippen LogP contribution in [0.25, 0.3) is 10.9 Å². The predicted molar refractivity (Wildman–Crippen MR) is 101 cm³/mol. The van der Waals surface area contributed by atoms with Gasteiger partial charge in [-0.1, -0.05) is 18.2 Å². The summed E-state index contributed by atoms with van der Waals surface area (Å²) in [5, 5.41) is 0.799. The Balaban J connectivity index is 1.62. The summed E-state index contributed by atoms with van der Waals surface area (Å²) in [6.07, 6.45) is -0.135. The quantitative estimate of drug-likeness (QED) is 0.508. The number of aromatic nitrogens is 1. The van der Waals surface area contributed by atoms with E-state index in [4.69, 9.17) is 14.2 Å². The van der Waals surface area contributed by atoms with Crippen LogP contribution in [0.4, 0.5) is 0 Å². The van der Waals surface area contributed by atoms with Crippen LogP contribution in [0.5, 0.6) is 11.5 Å². The van der Waals surface area contributed by atoms with Gasteiger partial charge in [-0.15, -0.1) is 0 Å². The first-order chi connectivity index (χ1) is 13.0. The number of rotatable bonds is 7. The zero-order valence-electron chi connectivity index (χ0n) is 15.4. The molecule has 6 heteroatoms. The molecule has 1 N–H and O–H groups in total. The maximum Gasteiger partial charge on any atom is 0.347 e. The first-order valence-corrected chi connectivity index (χ1v) is 8.61. The van der Waals surface area contributed by atoms with Crippen LogP contribution in [0.2, 0.25) is 0 Å². The highest BCUT2D eigenvalue weighted by atomic mass is 16.6. The smallest absolute Gasteiger partial charge is 0.347 e. The molecule has 0 spiro atoms. The van der Waals surface area contributed by atoms with Gasteiger partial charge in [-0.2, -0.15) is 0 Å². The zero-order valence-corrected chi connectivity index (χ0v) is 15.4. The fourth-order valence-corrected chi connectivity index (χ4v) is 2.72. The molecule has 0 amide bonds. The Bertz CT molecular complexity index is 945. The molecule has 2 aromatic carbocycles. The third kappa shape index (κ3) is 4.11. The van der Waals surface area contributed by atoms with Crippen LogP contribution in [0.3, 0.4) is 0 Å². The Hall–Kier alpha value is -3.28.